The van der Waals surface area contributed by atoms with E-state index in [9.17, 15) is 0 Å². The van der Waals surface area contributed by atoms with E-state index in [1.807, 2.05) is 0 Å². The van der Waals surface area contributed by atoms with E-state index in [2.05, 4.69) is 13.0 Å². The normalized spacial score (nSPS) is 31.0. The van der Waals surface area contributed by atoms with E-state index in [4.69, 9.17) is 10.5 Å². The van der Waals surface area contributed by atoms with Crippen LogP contribution >= 0.6 is 0 Å². The van der Waals surface area contributed by atoms with Crippen molar-refractivity contribution in [2.24, 2.45) is 5.73 Å². The summed E-state index contributed by atoms with van der Waals surface area (Å²) in [5, 5.41) is 0. The van der Waals surface area contributed by atoms with Gasteiger partial charge < -0.3 is 10.5 Å². The first-order valence-electron chi connectivity index (χ1n) is 3.82. The van der Waals surface area contributed by atoms with Crippen LogP contribution in [0, 0.1) is 0 Å². The molecule has 1 unspecified atom stereocenters. The Balaban J connectivity index is 2.39. The molecule has 0 aromatic rings. The molecule has 58 valence electrons. The van der Waals surface area contributed by atoms with Crippen molar-refractivity contribution in [2.75, 3.05) is 13.2 Å². The third kappa shape index (κ3) is 2.12. The summed E-state index contributed by atoms with van der Waals surface area (Å²) in [6, 6.07) is 0. The number of hydrogen-bond acceptors (Lipinski definition) is 2. The summed E-state index contributed by atoms with van der Waals surface area (Å²) >= 11 is 0. The molecule has 1 aliphatic heterocycles. The van der Waals surface area contributed by atoms with Gasteiger partial charge in [0.15, 0.2) is 0 Å². The largest absolute Gasteiger partial charge is 0.378 e. The molecule has 2 N–H and O–H groups in total. The molecular weight excluding hydrogens is 126 g/mol. The second kappa shape index (κ2) is 3.74. The van der Waals surface area contributed by atoms with E-state index in [0.717, 1.165) is 19.4 Å². The summed E-state index contributed by atoms with van der Waals surface area (Å²) in [6.07, 6.45) is 4.64. The number of nitrogens with two attached hydrogens (primary N) is 1. The molecule has 0 aromatic carbocycles. The molecule has 0 aromatic heterocycles. The Morgan fingerprint density at radius 1 is 1.80 bits per heavy atom. The summed E-state index contributed by atoms with van der Waals surface area (Å²) in [7, 11) is 0. The zero-order valence-corrected chi connectivity index (χ0v) is 6.47. The van der Waals surface area contributed by atoms with Gasteiger partial charge in [-0.15, -0.1) is 0 Å². The summed E-state index contributed by atoms with van der Waals surface area (Å²) < 4.78 is 5.37. The highest BCUT2D eigenvalue weighted by Crippen LogP contribution is 2.17. The van der Waals surface area contributed by atoms with Crippen LogP contribution in [0.25, 0.3) is 0 Å². The predicted molar refractivity (Wildman–Crippen MR) is 41.8 cm³/mol. The van der Waals surface area contributed by atoms with Crippen molar-refractivity contribution in [2.45, 2.75) is 25.9 Å². The molecule has 0 radical (unpaired) electrons. The maximum Gasteiger partial charge on any atom is 0.0584 e. The minimum absolute atomic E-state index is 0.395. The fraction of sp³-hybridized carbons (Fsp3) is 0.750. The molecule has 10 heavy (non-hydrogen) atoms. The molecule has 0 bridgehead atoms. The average molecular weight is 141 g/mol. The Labute approximate surface area is 62.1 Å². The fourth-order valence-electron chi connectivity index (χ4n) is 1.27. The fourth-order valence-corrected chi connectivity index (χ4v) is 1.27. The Morgan fingerprint density at radius 3 is 3.20 bits per heavy atom. The Bertz CT molecular complexity index is 131. The van der Waals surface area contributed by atoms with Gasteiger partial charge in [0.1, 0.15) is 0 Å². The molecule has 1 rings (SSSR count). The predicted octanol–water partition coefficient (Wildman–Crippen LogP) is 1.07. The van der Waals surface area contributed by atoms with E-state index in [1.165, 1.54) is 5.57 Å². The zero-order chi connectivity index (χ0) is 7.40. The summed E-state index contributed by atoms with van der Waals surface area (Å²) in [5.41, 5.74) is 6.85. The number of rotatable bonds is 1. The van der Waals surface area contributed by atoms with Crippen LogP contribution in [0.2, 0.25) is 0 Å². The third-order valence-electron chi connectivity index (χ3n) is 1.78. The lowest BCUT2D eigenvalue weighted by molar-refractivity contribution is 0.0486. The van der Waals surface area contributed by atoms with Crippen LogP contribution in [0.4, 0.5) is 0 Å². The molecule has 1 fully saturated rings. The quantitative estimate of drug-likeness (QED) is 0.554. The van der Waals surface area contributed by atoms with Crippen LogP contribution in [0.1, 0.15) is 19.8 Å². The first-order valence-corrected chi connectivity index (χ1v) is 3.82. The monoisotopic (exact) mass is 141 g/mol. The lowest BCUT2D eigenvalue weighted by Gasteiger charge is -2.21. The Kier molecular flexibility index (Phi) is 2.90. The summed E-state index contributed by atoms with van der Waals surface area (Å²) in [4.78, 5) is 0. The molecule has 1 atom stereocenters. The Morgan fingerprint density at radius 2 is 2.60 bits per heavy atom. The minimum Gasteiger partial charge on any atom is -0.378 e. The second-order valence-electron chi connectivity index (χ2n) is 2.73. The number of hydrogen-bond donors (Lipinski definition) is 1. The van der Waals surface area contributed by atoms with E-state index < -0.39 is 0 Å². The Hall–Kier alpha value is -0.340. The van der Waals surface area contributed by atoms with Gasteiger partial charge in [0.25, 0.3) is 0 Å². The second-order valence-corrected chi connectivity index (χ2v) is 2.73. The SMILES string of the molecule is CC1C/C(=C\CN)CCO1. The number of ether oxygens (including phenoxy) is 1. The van der Waals surface area contributed by atoms with Crippen LogP contribution in [0.15, 0.2) is 11.6 Å². The molecule has 0 amide bonds. The van der Waals surface area contributed by atoms with Gasteiger partial charge in [0, 0.05) is 6.54 Å². The summed E-state index contributed by atoms with van der Waals surface area (Å²) in [5.74, 6) is 0. The van der Waals surface area contributed by atoms with Gasteiger partial charge in [0.05, 0.1) is 12.7 Å². The van der Waals surface area contributed by atoms with E-state index in [1.54, 1.807) is 0 Å². The van der Waals surface area contributed by atoms with E-state index >= 15 is 0 Å². The van der Waals surface area contributed by atoms with Crippen molar-refractivity contribution in [3.63, 3.8) is 0 Å². The van der Waals surface area contributed by atoms with Crippen molar-refractivity contribution in [3.05, 3.63) is 11.6 Å². The maximum atomic E-state index is 5.39. The standard InChI is InChI=1S/C8H15NO/c1-7-6-8(2-4-9)3-5-10-7/h2,7H,3-6,9H2,1H3/b8-2-. The molecule has 0 saturated carbocycles. The molecule has 2 heteroatoms. The first-order chi connectivity index (χ1) is 4.83. The van der Waals surface area contributed by atoms with Crippen molar-refractivity contribution >= 4 is 0 Å². The van der Waals surface area contributed by atoms with Crippen LogP contribution in [-0.2, 0) is 4.74 Å². The third-order valence-corrected chi connectivity index (χ3v) is 1.78. The molecule has 2 nitrogen and oxygen atoms in total. The average Bonchev–Trinajstić information content (AvgIpc) is 1.88. The highest BCUT2D eigenvalue weighted by molar-refractivity contribution is 5.05. The van der Waals surface area contributed by atoms with Crippen molar-refractivity contribution < 1.29 is 4.74 Å². The molecular formula is C8H15NO. The lowest BCUT2D eigenvalue weighted by Crippen LogP contribution is -2.17. The minimum atomic E-state index is 0.395. The molecule has 1 saturated heterocycles. The summed E-state index contributed by atoms with van der Waals surface area (Å²) in [6.45, 7) is 3.64. The lowest BCUT2D eigenvalue weighted by atomic mass is 10.0. The highest BCUT2D eigenvalue weighted by atomic mass is 16.5. The molecule has 0 spiro atoms. The van der Waals surface area contributed by atoms with Crippen LogP contribution in [0.3, 0.4) is 0 Å². The highest BCUT2D eigenvalue weighted by Gasteiger charge is 2.11. The van der Waals surface area contributed by atoms with Gasteiger partial charge in [-0.1, -0.05) is 11.6 Å². The smallest absolute Gasteiger partial charge is 0.0584 e. The van der Waals surface area contributed by atoms with E-state index in [0.29, 0.717) is 12.6 Å². The van der Waals surface area contributed by atoms with Gasteiger partial charge in [-0.25, -0.2) is 0 Å². The van der Waals surface area contributed by atoms with Gasteiger partial charge in [-0.3, -0.25) is 0 Å². The first kappa shape index (κ1) is 7.76. The topological polar surface area (TPSA) is 35.2 Å². The van der Waals surface area contributed by atoms with Gasteiger partial charge in [-0.05, 0) is 19.8 Å². The van der Waals surface area contributed by atoms with E-state index in [-0.39, 0.29) is 0 Å². The zero-order valence-electron chi connectivity index (χ0n) is 6.47. The van der Waals surface area contributed by atoms with Crippen molar-refractivity contribution in [1.29, 1.82) is 0 Å². The van der Waals surface area contributed by atoms with Gasteiger partial charge in [-0.2, -0.15) is 0 Å². The van der Waals surface area contributed by atoms with Gasteiger partial charge in [0.2, 0.25) is 0 Å². The van der Waals surface area contributed by atoms with Crippen LogP contribution < -0.4 is 5.73 Å². The molecule has 1 aliphatic rings. The maximum absolute atomic E-state index is 5.39. The van der Waals surface area contributed by atoms with Crippen LogP contribution in [-0.4, -0.2) is 19.3 Å². The molecule has 1 heterocycles. The van der Waals surface area contributed by atoms with Crippen LogP contribution in [0.5, 0.6) is 0 Å². The van der Waals surface area contributed by atoms with Crippen molar-refractivity contribution in [1.82, 2.24) is 0 Å². The van der Waals surface area contributed by atoms with Gasteiger partial charge >= 0.3 is 0 Å². The van der Waals surface area contributed by atoms with Crippen molar-refractivity contribution in [3.8, 4) is 0 Å². The molecule has 0 aliphatic carbocycles.